The Hall–Kier alpha value is -2.87. The number of aryl methyl sites for hydroxylation is 1. The third-order valence-electron chi connectivity index (χ3n) is 5.57. The molecule has 0 radical (unpaired) electrons. The number of aromatic nitrogens is 2. The molecule has 1 fully saturated rings. The van der Waals surface area contributed by atoms with E-state index >= 15 is 0 Å². The van der Waals surface area contributed by atoms with E-state index < -0.39 is 11.7 Å². The maximum atomic E-state index is 13.0. The molecule has 5 nitrogen and oxygen atoms in total. The number of para-hydroxylation sites is 1. The minimum atomic E-state index is -4.41. The molecule has 1 aromatic heterocycles. The second kappa shape index (κ2) is 8.10. The molecule has 0 aliphatic carbocycles. The molecule has 0 N–H and O–H groups in total. The SMILES string of the molecule is Cc1ccccc1N1CCN([C@@H](C)c2nc(-c3cccc(C(F)(F)F)c3)no2)CC1. The molecule has 2 heterocycles. The van der Waals surface area contributed by atoms with Crippen LogP contribution in [0.3, 0.4) is 0 Å². The van der Waals surface area contributed by atoms with Crippen LogP contribution in [0.1, 0.15) is 30.0 Å². The lowest BCUT2D eigenvalue weighted by atomic mass is 10.1. The lowest BCUT2D eigenvalue weighted by Crippen LogP contribution is -2.47. The van der Waals surface area contributed by atoms with Gasteiger partial charge in [0.05, 0.1) is 11.6 Å². The number of anilines is 1. The van der Waals surface area contributed by atoms with Crippen LogP contribution in [-0.4, -0.2) is 41.2 Å². The van der Waals surface area contributed by atoms with Crippen LogP contribution in [0.4, 0.5) is 18.9 Å². The Morgan fingerprint density at radius 3 is 2.43 bits per heavy atom. The first-order valence-corrected chi connectivity index (χ1v) is 9.89. The number of halogens is 3. The molecule has 8 heteroatoms. The number of benzene rings is 2. The van der Waals surface area contributed by atoms with Gasteiger partial charge in [-0.15, -0.1) is 0 Å². The summed E-state index contributed by atoms with van der Waals surface area (Å²) in [5.41, 5.74) is 2.05. The number of hydrogen-bond donors (Lipinski definition) is 0. The molecule has 0 saturated carbocycles. The Morgan fingerprint density at radius 2 is 1.73 bits per heavy atom. The van der Waals surface area contributed by atoms with E-state index in [1.807, 2.05) is 19.1 Å². The molecule has 1 saturated heterocycles. The number of nitrogens with zero attached hydrogens (tertiary/aromatic N) is 4. The van der Waals surface area contributed by atoms with Gasteiger partial charge < -0.3 is 9.42 Å². The predicted octanol–water partition coefficient (Wildman–Crippen LogP) is 4.95. The molecule has 0 bridgehead atoms. The molecule has 3 aromatic rings. The second-order valence-corrected chi connectivity index (χ2v) is 7.52. The standard InChI is InChI=1S/C22H23F3N4O/c1-15-6-3-4-9-19(15)29-12-10-28(11-13-29)16(2)21-26-20(27-30-21)17-7-5-8-18(14-17)22(23,24)25/h3-9,14,16H,10-13H2,1-2H3/t16-/m0/s1. The van der Waals surface area contributed by atoms with Crippen molar-refractivity contribution < 1.29 is 17.7 Å². The largest absolute Gasteiger partial charge is 0.416 e. The van der Waals surface area contributed by atoms with Crippen LogP contribution in [0, 0.1) is 6.92 Å². The predicted molar refractivity (Wildman–Crippen MR) is 108 cm³/mol. The van der Waals surface area contributed by atoms with Gasteiger partial charge in [0.15, 0.2) is 0 Å². The van der Waals surface area contributed by atoms with Crippen LogP contribution < -0.4 is 4.90 Å². The van der Waals surface area contributed by atoms with Gasteiger partial charge in [-0.3, -0.25) is 4.90 Å². The lowest BCUT2D eigenvalue weighted by Gasteiger charge is -2.38. The van der Waals surface area contributed by atoms with Gasteiger partial charge in [-0.05, 0) is 37.6 Å². The molecule has 1 atom stereocenters. The molecule has 0 unspecified atom stereocenters. The Morgan fingerprint density at radius 1 is 1.00 bits per heavy atom. The number of hydrogen-bond acceptors (Lipinski definition) is 5. The monoisotopic (exact) mass is 416 g/mol. The molecule has 1 aliphatic rings. The van der Waals surface area contributed by atoms with E-state index in [-0.39, 0.29) is 17.4 Å². The third kappa shape index (κ3) is 4.18. The minimum absolute atomic E-state index is 0.115. The molecule has 0 amide bonds. The molecular formula is C22H23F3N4O. The number of rotatable bonds is 4. The van der Waals surface area contributed by atoms with Crippen LogP contribution in [0.15, 0.2) is 53.1 Å². The average Bonchev–Trinajstić information content (AvgIpc) is 3.24. The zero-order chi connectivity index (χ0) is 21.3. The quantitative estimate of drug-likeness (QED) is 0.602. The fourth-order valence-electron chi connectivity index (χ4n) is 3.78. The van der Waals surface area contributed by atoms with Crippen LogP contribution in [0.2, 0.25) is 0 Å². The lowest BCUT2D eigenvalue weighted by molar-refractivity contribution is -0.137. The fourth-order valence-corrected chi connectivity index (χ4v) is 3.78. The third-order valence-corrected chi connectivity index (χ3v) is 5.57. The minimum Gasteiger partial charge on any atom is -0.369 e. The van der Waals surface area contributed by atoms with E-state index in [0.717, 1.165) is 38.3 Å². The number of alkyl halides is 3. The van der Waals surface area contributed by atoms with Gasteiger partial charge in [0.1, 0.15) is 0 Å². The normalized spacial score (nSPS) is 16.6. The zero-order valence-corrected chi connectivity index (χ0v) is 16.9. The van der Waals surface area contributed by atoms with Gasteiger partial charge in [-0.25, -0.2) is 0 Å². The van der Waals surface area contributed by atoms with Crippen molar-refractivity contribution >= 4 is 5.69 Å². The van der Waals surface area contributed by atoms with Crippen LogP contribution in [0.5, 0.6) is 0 Å². The highest BCUT2D eigenvalue weighted by Gasteiger charge is 2.31. The van der Waals surface area contributed by atoms with E-state index in [2.05, 4.69) is 39.0 Å². The molecule has 4 rings (SSSR count). The van der Waals surface area contributed by atoms with E-state index in [0.29, 0.717) is 5.89 Å². The van der Waals surface area contributed by atoms with Crippen LogP contribution >= 0.6 is 0 Å². The highest BCUT2D eigenvalue weighted by molar-refractivity contribution is 5.56. The summed E-state index contributed by atoms with van der Waals surface area (Å²) in [6, 6.07) is 13.2. The van der Waals surface area contributed by atoms with Crippen molar-refractivity contribution in [2.45, 2.75) is 26.1 Å². The van der Waals surface area contributed by atoms with Crippen molar-refractivity contribution in [1.29, 1.82) is 0 Å². The smallest absolute Gasteiger partial charge is 0.369 e. The highest BCUT2D eigenvalue weighted by Crippen LogP contribution is 2.32. The Labute approximate surface area is 173 Å². The van der Waals surface area contributed by atoms with Gasteiger partial charge in [-0.2, -0.15) is 18.2 Å². The highest BCUT2D eigenvalue weighted by atomic mass is 19.4. The molecule has 2 aromatic carbocycles. The zero-order valence-electron chi connectivity index (χ0n) is 16.9. The van der Waals surface area contributed by atoms with Crippen molar-refractivity contribution in [3.8, 4) is 11.4 Å². The molecule has 30 heavy (non-hydrogen) atoms. The second-order valence-electron chi connectivity index (χ2n) is 7.52. The maximum absolute atomic E-state index is 13.0. The summed E-state index contributed by atoms with van der Waals surface area (Å²) in [5.74, 6) is 0.577. The summed E-state index contributed by atoms with van der Waals surface area (Å²) >= 11 is 0. The van der Waals surface area contributed by atoms with E-state index in [1.54, 1.807) is 6.07 Å². The summed E-state index contributed by atoms with van der Waals surface area (Å²) < 4.78 is 44.3. The number of piperazine rings is 1. The van der Waals surface area contributed by atoms with Gasteiger partial charge in [0.2, 0.25) is 11.7 Å². The molecule has 0 spiro atoms. The average molecular weight is 416 g/mol. The fraction of sp³-hybridized carbons (Fsp3) is 0.364. The van der Waals surface area contributed by atoms with Crippen LogP contribution in [-0.2, 0) is 6.18 Å². The molecule has 1 aliphatic heterocycles. The summed E-state index contributed by atoms with van der Waals surface area (Å²) in [6.45, 7) is 7.51. The first-order chi connectivity index (χ1) is 14.3. The summed E-state index contributed by atoms with van der Waals surface area (Å²) in [7, 11) is 0. The van der Waals surface area contributed by atoms with Gasteiger partial charge in [0.25, 0.3) is 0 Å². The van der Waals surface area contributed by atoms with E-state index in [1.165, 1.54) is 17.3 Å². The Bertz CT molecular complexity index is 1010. The van der Waals surface area contributed by atoms with Crippen molar-refractivity contribution in [3.63, 3.8) is 0 Å². The first-order valence-electron chi connectivity index (χ1n) is 9.89. The summed E-state index contributed by atoms with van der Waals surface area (Å²) in [4.78, 5) is 8.98. The topological polar surface area (TPSA) is 45.4 Å². The van der Waals surface area contributed by atoms with Crippen molar-refractivity contribution in [3.05, 3.63) is 65.5 Å². The van der Waals surface area contributed by atoms with E-state index in [9.17, 15) is 13.2 Å². The Kier molecular flexibility index (Phi) is 5.51. The Balaban J connectivity index is 1.44. The first kappa shape index (κ1) is 20.4. The molecule has 158 valence electrons. The molecular weight excluding hydrogens is 393 g/mol. The van der Waals surface area contributed by atoms with Gasteiger partial charge in [-0.1, -0.05) is 35.5 Å². The van der Waals surface area contributed by atoms with Crippen molar-refractivity contribution in [1.82, 2.24) is 15.0 Å². The van der Waals surface area contributed by atoms with Gasteiger partial charge in [0, 0.05) is 37.4 Å². The summed E-state index contributed by atoms with van der Waals surface area (Å²) in [6.07, 6.45) is -4.41. The van der Waals surface area contributed by atoms with Gasteiger partial charge >= 0.3 is 6.18 Å². The van der Waals surface area contributed by atoms with E-state index in [4.69, 9.17) is 4.52 Å². The maximum Gasteiger partial charge on any atom is 0.416 e. The van der Waals surface area contributed by atoms with Crippen molar-refractivity contribution in [2.75, 3.05) is 31.1 Å². The summed E-state index contributed by atoms with van der Waals surface area (Å²) in [5, 5.41) is 3.91. The van der Waals surface area contributed by atoms with Crippen LogP contribution in [0.25, 0.3) is 11.4 Å². The van der Waals surface area contributed by atoms with Crippen molar-refractivity contribution in [2.24, 2.45) is 0 Å².